The Labute approximate surface area is 111 Å². The molecule has 1 aromatic heterocycles. The van der Waals surface area contributed by atoms with Crippen molar-refractivity contribution in [3.63, 3.8) is 0 Å². The first-order valence-electron chi connectivity index (χ1n) is 5.84. The number of carbonyl (C=O) groups is 2. The molecule has 0 saturated heterocycles. The maximum atomic E-state index is 11.7. The Morgan fingerprint density at radius 1 is 1.42 bits per heavy atom. The Kier molecular flexibility index (Phi) is 4.18. The van der Waals surface area contributed by atoms with Gasteiger partial charge in [0.25, 0.3) is 0 Å². The molecule has 106 valence electrons. The molecular weight excluding hydrogens is 250 g/mol. The summed E-state index contributed by atoms with van der Waals surface area (Å²) in [5.74, 6) is -1.15. The number of nitrogens with one attached hydrogen (secondary N) is 2. The fourth-order valence-corrected chi connectivity index (χ4v) is 1.46. The summed E-state index contributed by atoms with van der Waals surface area (Å²) in [6.07, 6.45) is 2.28. The van der Waals surface area contributed by atoms with Gasteiger partial charge in [-0.05, 0) is 27.7 Å². The summed E-state index contributed by atoms with van der Waals surface area (Å²) in [6.45, 7) is 6.54. The number of imidazole rings is 1. The van der Waals surface area contributed by atoms with Crippen molar-refractivity contribution in [1.82, 2.24) is 15.3 Å². The number of amides is 1. The third kappa shape index (κ3) is 4.61. The van der Waals surface area contributed by atoms with Crippen LogP contribution in [0.4, 0.5) is 4.79 Å². The van der Waals surface area contributed by atoms with Crippen LogP contribution in [0.25, 0.3) is 0 Å². The van der Waals surface area contributed by atoms with Gasteiger partial charge in [0, 0.05) is 18.3 Å². The number of ether oxygens (including phenoxy) is 1. The number of carboxylic acids is 1. The van der Waals surface area contributed by atoms with Crippen LogP contribution in [0.3, 0.4) is 0 Å². The molecule has 0 aromatic carbocycles. The molecule has 0 saturated carbocycles. The molecule has 0 radical (unpaired) electrons. The first kappa shape index (κ1) is 15.0. The van der Waals surface area contributed by atoms with Crippen molar-refractivity contribution in [2.24, 2.45) is 0 Å². The van der Waals surface area contributed by atoms with Gasteiger partial charge in [0.15, 0.2) is 0 Å². The van der Waals surface area contributed by atoms with Gasteiger partial charge < -0.3 is 20.1 Å². The second-order valence-corrected chi connectivity index (χ2v) is 5.52. The molecule has 1 aromatic rings. The van der Waals surface area contributed by atoms with Crippen LogP contribution < -0.4 is 5.32 Å². The van der Waals surface area contributed by atoms with Crippen LogP contribution in [0.1, 0.15) is 33.4 Å². The highest BCUT2D eigenvalue weighted by Gasteiger charge is 2.37. The van der Waals surface area contributed by atoms with E-state index in [4.69, 9.17) is 4.74 Å². The summed E-state index contributed by atoms with van der Waals surface area (Å²) in [5.41, 5.74) is -1.53. The molecule has 1 heterocycles. The lowest BCUT2D eigenvalue weighted by Gasteiger charge is -2.28. The maximum Gasteiger partial charge on any atom is 0.408 e. The van der Waals surface area contributed by atoms with Gasteiger partial charge in [-0.25, -0.2) is 14.6 Å². The van der Waals surface area contributed by atoms with E-state index >= 15 is 0 Å². The van der Waals surface area contributed by atoms with Gasteiger partial charge in [0.05, 0.1) is 6.33 Å². The molecule has 7 nitrogen and oxygen atoms in total. The highest BCUT2D eigenvalue weighted by molar-refractivity contribution is 5.84. The van der Waals surface area contributed by atoms with E-state index in [2.05, 4.69) is 15.3 Å². The van der Waals surface area contributed by atoms with E-state index in [1.54, 1.807) is 20.8 Å². The first-order valence-corrected chi connectivity index (χ1v) is 5.84. The lowest BCUT2D eigenvalue weighted by Crippen LogP contribution is -2.54. The molecule has 7 heteroatoms. The third-order valence-corrected chi connectivity index (χ3v) is 2.35. The first-order chi connectivity index (χ1) is 8.62. The Hall–Kier alpha value is -2.05. The quantitative estimate of drug-likeness (QED) is 0.764. The summed E-state index contributed by atoms with van der Waals surface area (Å²) in [7, 11) is 0. The van der Waals surface area contributed by atoms with E-state index in [1.807, 2.05) is 0 Å². The predicted octanol–water partition coefficient (Wildman–Crippen LogP) is 1.32. The smallest absolute Gasteiger partial charge is 0.408 e. The predicted molar refractivity (Wildman–Crippen MR) is 67.7 cm³/mol. The van der Waals surface area contributed by atoms with Gasteiger partial charge in [0.1, 0.15) is 11.1 Å². The molecule has 0 spiro atoms. The number of alkyl carbamates (subject to hydrolysis) is 1. The largest absolute Gasteiger partial charge is 0.480 e. The van der Waals surface area contributed by atoms with Gasteiger partial charge in [0.2, 0.25) is 0 Å². The molecule has 0 unspecified atom stereocenters. The molecule has 1 amide bonds. The molecule has 0 bridgehead atoms. The minimum absolute atomic E-state index is 0.0849. The Balaban J connectivity index is 2.77. The van der Waals surface area contributed by atoms with Crippen molar-refractivity contribution >= 4 is 12.1 Å². The van der Waals surface area contributed by atoms with E-state index < -0.39 is 23.2 Å². The normalized spacial score (nSPS) is 14.5. The van der Waals surface area contributed by atoms with Crippen molar-refractivity contribution in [2.75, 3.05) is 0 Å². The Bertz CT molecular complexity index is 450. The van der Waals surface area contributed by atoms with Gasteiger partial charge >= 0.3 is 12.1 Å². The summed E-state index contributed by atoms with van der Waals surface area (Å²) < 4.78 is 5.06. The SMILES string of the molecule is CC(C)(C)OC(=O)N[C@](C)(Cc1cnc[nH]1)C(=O)O. The zero-order valence-corrected chi connectivity index (χ0v) is 11.5. The molecule has 0 aliphatic carbocycles. The van der Waals surface area contributed by atoms with Crippen molar-refractivity contribution in [2.45, 2.75) is 45.3 Å². The van der Waals surface area contributed by atoms with Crippen molar-refractivity contribution in [3.8, 4) is 0 Å². The van der Waals surface area contributed by atoms with Gasteiger partial charge in [-0.15, -0.1) is 0 Å². The lowest BCUT2D eigenvalue weighted by molar-refractivity contribution is -0.144. The molecule has 1 atom stereocenters. The lowest BCUT2D eigenvalue weighted by atomic mass is 9.96. The van der Waals surface area contributed by atoms with Crippen LogP contribution in [0.5, 0.6) is 0 Å². The summed E-state index contributed by atoms with van der Waals surface area (Å²) in [5, 5.41) is 11.7. The van der Waals surface area contributed by atoms with Gasteiger partial charge in [-0.1, -0.05) is 0 Å². The molecule has 0 fully saturated rings. The van der Waals surface area contributed by atoms with Crippen LogP contribution in [-0.4, -0.2) is 38.3 Å². The zero-order chi connectivity index (χ0) is 14.7. The average Bonchev–Trinajstić information content (AvgIpc) is 2.66. The minimum Gasteiger partial charge on any atom is -0.480 e. The van der Waals surface area contributed by atoms with Crippen LogP contribution in [-0.2, 0) is 16.0 Å². The molecule has 3 N–H and O–H groups in total. The van der Waals surface area contributed by atoms with Crippen LogP contribution in [0, 0.1) is 0 Å². The van der Waals surface area contributed by atoms with E-state index in [1.165, 1.54) is 19.4 Å². The Morgan fingerprint density at radius 2 is 2.05 bits per heavy atom. The standard InChI is InChI=1S/C12H19N3O4/c1-11(2,3)19-10(18)15-12(4,9(16)17)5-8-6-13-7-14-8/h6-7H,5H2,1-4H3,(H,13,14)(H,15,18)(H,16,17)/t12-/m1/s1. The number of carboxylic acid groups (broad SMARTS) is 1. The number of nitrogens with zero attached hydrogens (tertiary/aromatic N) is 1. The number of aromatic nitrogens is 2. The zero-order valence-electron chi connectivity index (χ0n) is 11.5. The molecule has 0 aliphatic rings. The maximum absolute atomic E-state index is 11.7. The van der Waals surface area contributed by atoms with Crippen molar-refractivity contribution in [3.05, 3.63) is 18.2 Å². The number of aliphatic carboxylic acids is 1. The highest BCUT2D eigenvalue weighted by atomic mass is 16.6. The third-order valence-electron chi connectivity index (χ3n) is 2.35. The number of hydrogen-bond acceptors (Lipinski definition) is 4. The monoisotopic (exact) mass is 269 g/mol. The number of hydrogen-bond donors (Lipinski definition) is 3. The summed E-state index contributed by atoms with van der Waals surface area (Å²) in [6, 6.07) is 0. The number of aromatic amines is 1. The summed E-state index contributed by atoms with van der Waals surface area (Å²) >= 11 is 0. The highest BCUT2D eigenvalue weighted by Crippen LogP contribution is 2.14. The van der Waals surface area contributed by atoms with Gasteiger partial charge in [-0.2, -0.15) is 0 Å². The van der Waals surface area contributed by atoms with E-state index in [-0.39, 0.29) is 6.42 Å². The Morgan fingerprint density at radius 3 is 2.47 bits per heavy atom. The second kappa shape index (κ2) is 5.29. The van der Waals surface area contributed by atoms with Crippen LogP contribution >= 0.6 is 0 Å². The number of H-pyrrole nitrogens is 1. The molecule has 0 aliphatic heterocycles. The fraction of sp³-hybridized carbons (Fsp3) is 0.583. The summed E-state index contributed by atoms with van der Waals surface area (Å²) in [4.78, 5) is 29.6. The van der Waals surface area contributed by atoms with Crippen LogP contribution in [0.2, 0.25) is 0 Å². The van der Waals surface area contributed by atoms with Crippen LogP contribution in [0.15, 0.2) is 12.5 Å². The molecular formula is C12H19N3O4. The topological polar surface area (TPSA) is 104 Å². The van der Waals surface area contributed by atoms with E-state index in [0.29, 0.717) is 5.69 Å². The van der Waals surface area contributed by atoms with E-state index in [0.717, 1.165) is 0 Å². The average molecular weight is 269 g/mol. The number of rotatable bonds is 4. The second-order valence-electron chi connectivity index (χ2n) is 5.52. The number of carbonyl (C=O) groups excluding carboxylic acids is 1. The van der Waals surface area contributed by atoms with Gasteiger partial charge in [-0.3, -0.25) is 0 Å². The van der Waals surface area contributed by atoms with E-state index in [9.17, 15) is 14.7 Å². The molecule has 1 rings (SSSR count). The van der Waals surface area contributed by atoms with Crippen molar-refractivity contribution in [1.29, 1.82) is 0 Å². The molecule has 19 heavy (non-hydrogen) atoms. The minimum atomic E-state index is -1.46. The fourth-order valence-electron chi connectivity index (χ4n) is 1.46. The van der Waals surface area contributed by atoms with Crippen molar-refractivity contribution < 1.29 is 19.4 Å².